The van der Waals surface area contributed by atoms with E-state index in [1.807, 2.05) is 22.7 Å². The first-order valence-corrected chi connectivity index (χ1v) is 13.2. The predicted octanol–water partition coefficient (Wildman–Crippen LogP) is 10.4. The molecule has 0 saturated heterocycles. The Balaban J connectivity index is 0.000000136. The molecule has 0 N–H and O–H groups in total. The molecule has 2 heterocycles. The molecular weight excluding hydrogens is 448 g/mol. The van der Waals surface area contributed by atoms with Gasteiger partial charge in [-0.3, -0.25) is 0 Å². The van der Waals surface area contributed by atoms with E-state index in [2.05, 4.69) is 123 Å². The molecule has 0 saturated carbocycles. The van der Waals surface area contributed by atoms with Crippen molar-refractivity contribution >= 4 is 63.0 Å². The minimum absolute atomic E-state index is 1.28. The first-order valence-electron chi connectivity index (χ1n) is 11.5. The Kier molecular flexibility index (Phi) is 5.41. The van der Waals surface area contributed by atoms with Crippen LogP contribution in [0.1, 0.15) is 11.1 Å². The summed E-state index contributed by atoms with van der Waals surface area (Å²) in [6, 6.07) is 39.4. The van der Waals surface area contributed by atoms with Gasteiger partial charge < -0.3 is 0 Å². The summed E-state index contributed by atoms with van der Waals surface area (Å²) in [5.41, 5.74) is 5.23. The third-order valence-corrected chi connectivity index (χ3v) is 8.57. The Morgan fingerprint density at radius 3 is 1.56 bits per heavy atom. The molecule has 0 aliphatic rings. The molecule has 0 radical (unpaired) electrons. The highest BCUT2D eigenvalue weighted by Crippen LogP contribution is 2.37. The number of fused-ring (bicyclic) bond motifs is 6. The molecule has 0 aliphatic carbocycles. The quantitative estimate of drug-likeness (QED) is 0.223. The molecule has 7 aromatic rings. The summed E-state index contributed by atoms with van der Waals surface area (Å²) < 4.78 is 5.51. The molecule has 0 amide bonds. The average Bonchev–Trinajstić information content (AvgIpc) is 3.42. The van der Waals surface area contributed by atoms with Gasteiger partial charge in [-0.1, -0.05) is 77.9 Å². The summed E-state index contributed by atoms with van der Waals surface area (Å²) in [5.74, 6) is 0. The third kappa shape index (κ3) is 3.90. The maximum atomic E-state index is 2.32. The zero-order valence-electron chi connectivity index (χ0n) is 19.2. The van der Waals surface area contributed by atoms with Gasteiger partial charge in [0.1, 0.15) is 0 Å². The zero-order chi connectivity index (χ0) is 23.1. The third-order valence-electron chi connectivity index (χ3n) is 6.26. The van der Waals surface area contributed by atoms with Crippen LogP contribution in [0.4, 0.5) is 0 Å². The minimum atomic E-state index is 1.28. The molecule has 0 fully saturated rings. The lowest BCUT2D eigenvalue weighted by Crippen LogP contribution is -1.76. The van der Waals surface area contributed by atoms with Crippen molar-refractivity contribution in [1.82, 2.24) is 0 Å². The van der Waals surface area contributed by atoms with Crippen molar-refractivity contribution in [2.45, 2.75) is 13.8 Å². The summed E-state index contributed by atoms with van der Waals surface area (Å²) in [7, 11) is 0. The van der Waals surface area contributed by atoms with Crippen molar-refractivity contribution in [2.24, 2.45) is 0 Å². The molecule has 0 aliphatic heterocycles. The number of hydrogen-bond acceptors (Lipinski definition) is 2. The van der Waals surface area contributed by atoms with Crippen molar-refractivity contribution in [3.63, 3.8) is 0 Å². The van der Waals surface area contributed by atoms with E-state index in [-0.39, 0.29) is 0 Å². The van der Waals surface area contributed by atoms with Gasteiger partial charge in [0, 0.05) is 40.3 Å². The lowest BCUT2D eigenvalue weighted by molar-refractivity contribution is 1.52. The van der Waals surface area contributed by atoms with Crippen molar-refractivity contribution in [3.05, 3.63) is 120 Å². The van der Waals surface area contributed by atoms with E-state index in [1.165, 1.54) is 62.6 Å². The Labute approximate surface area is 207 Å². The van der Waals surface area contributed by atoms with Crippen LogP contribution < -0.4 is 0 Å². The van der Waals surface area contributed by atoms with Crippen LogP contribution in [0, 0.1) is 13.8 Å². The lowest BCUT2D eigenvalue weighted by atomic mass is 10.0. The Bertz CT molecular complexity index is 1770. The van der Waals surface area contributed by atoms with E-state index in [9.17, 15) is 0 Å². The molecule has 0 atom stereocenters. The van der Waals surface area contributed by atoms with E-state index < -0.39 is 0 Å². The summed E-state index contributed by atoms with van der Waals surface area (Å²) >= 11 is 3.74. The molecule has 0 unspecified atom stereocenters. The molecular formula is C32H24S2. The van der Waals surface area contributed by atoms with Crippen molar-refractivity contribution in [1.29, 1.82) is 0 Å². The number of benzene rings is 5. The van der Waals surface area contributed by atoms with E-state index in [0.717, 1.165) is 0 Å². The van der Waals surface area contributed by atoms with Crippen LogP contribution in [0.3, 0.4) is 0 Å². The average molecular weight is 473 g/mol. The van der Waals surface area contributed by atoms with Gasteiger partial charge in [0.2, 0.25) is 0 Å². The first-order chi connectivity index (χ1) is 16.7. The highest BCUT2D eigenvalue weighted by atomic mass is 32.1. The largest absolute Gasteiger partial charge is 0.135 e. The monoisotopic (exact) mass is 472 g/mol. The summed E-state index contributed by atoms with van der Waals surface area (Å²) in [6.45, 7) is 4.30. The van der Waals surface area contributed by atoms with Crippen LogP contribution in [0.25, 0.3) is 51.5 Å². The normalized spacial score (nSPS) is 11.2. The number of hydrogen-bond donors (Lipinski definition) is 0. The van der Waals surface area contributed by atoms with Gasteiger partial charge >= 0.3 is 0 Å². The molecule has 0 nitrogen and oxygen atoms in total. The molecule has 5 aromatic carbocycles. The fraction of sp³-hybridized carbons (Fsp3) is 0.0625. The van der Waals surface area contributed by atoms with Gasteiger partial charge in [0.25, 0.3) is 0 Å². The SMILES string of the molecule is Cc1ccc2sc3ccc(-c4ccccc4)cc3c2c1.Cc1ccc2sc3ccccc3c2c1. The lowest BCUT2D eigenvalue weighted by Gasteiger charge is -2.02. The fourth-order valence-electron chi connectivity index (χ4n) is 4.54. The van der Waals surface area contributed by atoms with Crippen molar-refractivity contribution < 1.29 is 0 Å². The van der Waals surface area contributed by atoms with Gasteiger partial charge in [-0.25, -0.2) is 0 Å². The number of thiophene rings is 2. The van der Waals surface area contributed by atoms with Crippen molar-refractivity contribution in [2.75, 3.05) is 0 Å². The number of aryl methyl sites for hydroxylation is 2. The molecule has 2 heteroatoms. The topological polar surface area (TPSA) is 0 Å². The van der Waals surface area contributed by atoms with Gasteiger partial charge in [-0.05, 0) is 67.4 Å². The molecule has 0 spiro atoms. The van der Waals surface area contributed by atoms with E-state index in [1.54, 1.807) is 0 Å². The maximum Gasteiger partial charge on any atom is 0.0355 e. The second-order valence-electron chi connectivity index (χ2n) is 8.78. The predicted molar refractivity (Wildman–Crippen MR) is 154 cm³/mol. The van der Waals surface area contributed by atoms with Crippen molar-refractivity contribution in [3.8, 4) is 11.1 Å². The second kappa shape index (κ2) is 8.72. The van der Waals surface area contributed by atoms with Crippen LogP contribution in [0.5, 0.6) is 0 Å². The maximum absolute atomic E-state index is 2.32. The molecule has 34 heavy (non-hydrogen) atoms. The van der Waals surface area contributed by atoms with Crippen LogP contribution in [0.15, 0.2) is 109 Å². The zero-order valence-corrected chi connectivity index (χ0v) is 20.8. The highest BCUT2D eigenvalue weighted by Gasteiger charge is 2.07. The number of rotatable bonds is 1. The van der Waals surface area contributed by atoms with Gasteiger partial charge in [0.15, 0.2) is 0 Å². The van der Waals surface area contributed by atoms with E-state index >= 15 is 0 Å². The van der Waals surface area contributed by atoms with Gasteiger partial charge in [0.05, 0.1) is 0 Å². The molecule has 2 aromatic heterocycles. The van der Waals surface area contributed by atoms with Crippen LogP contribution in [-0.2, 0) is 0 Å². The minimum Gasteiger partial charge on any atom is -0.135 e. The van der Waals surface area contributed by atoms with Crippen LogP contribution in [0.2, 0.25) is 0 Å². The summed E-state index contributed by atoms with van der Waals surface area (Å²) in [5, 5.41) is 5.53. The van der Waals surface area contributed by atoms with E-state index in [0.29, 0.717) is 0 Å². The molecule has 164 valence electrons. The smallest absolute Gasteiger partial charge is 0.0355 e. The Morgan fingerprint density at radius 2 is 0.882 bits per heavy atom. The highest BCUT2D eigenvalue weighted by molar-refractivity contribution is 7.26. The van der Waals surface area contributed by atoms with Gasteiger partial charge in [-0.2, -0.15) is 0 Å². The van der Waals surface area contributed by atoms with Crippen LogP contribution >= 0.6 is 22.7 Å². The molecule has 7 rings (SSSR count). The van der Waals surface area contributed by atoms with E-state index in [4.69, 9.17) is 0 Å². The van der Waals surface area contributed by atoms with Crippen LogP contribution in [-0.4, -0.2) is 0 Å². The standard InChI is InChI=1S/C19H14S.C13H10S/c1-13-7-9-18-16(11-13)17-12-15(8-10-19(17)20-18)14-5-3-2-4-6-14;1-9-6-7-13-11(8-9)10-4-2-3-5-12(10)14-13/h2-12H,1H3;2-8H,1H3. The Hall–Kier alpha value is -3.46. The summed E-state index contributed by atoms with van der Waals surface area (Å²) in [6.07, 6.45) is 0. The summed E-state index contributed by atoms with van der Waals surface area (Å²) in [4.78, 5) is 0. The van der Waals surface area contributed by atoms with Gasteiger partial charge in [-0.15, -0.1) is 22.7 Å². The Morgan fingerprint density at radius 1 is 0.382 bits per heavy atom. The first kappa shape index (κ1) is 21.1. The second-order valence-corrected chi connectivity index (χ2v) is 10.9. The molecule has 0 bridgehead atoms. The fourth-order valence-corrected chi connectivity index (χ4v) is 6.69.